The van der Waals surface area contributed by atoms with Gasteiger partial charge in [-0.15, -0.1) is 0 Å². The Morgan fingerprint density at radius 1 is 1.24 bits per heavy atom. The van der Waals surface area contributed by atoms with Crippen LogP contribution in [0.2, 0.25) is 0 Å². The number of carbonyl (C=O) groups excluding carboxylic acids is 2. The second-order valence-electron chi connectivity index (χ2n) is 7.20. The summed E-state index contributed by atoms with van der Waals surface area (Å²) >= 11 is 0. The molecule has 1 atom stereocenters. The van der Waals surface area contributed by atoms with Crippen molar-refractivity contribution in [3.63, 3.8) is 0 Å². The Labute approximate surface area is 147 Å². The molecule has 2 rings (SSSR count). The molecule has 0 aliphatic carbocycles. The number of hydrogen-bond acceptors (Lipinski definition) is 3. The predicted molar refractivity (Wildman–Crippen MR) is 94.0 cm³/mol. The summed E-state index contributed by atoms with van der Waals surface area (Å²) in [5.74, 6) is -0.492. The molecule has 0 aromatic heterocycles. The fourth-order valence-electron chi connectivity index (χ4n) is 2.66. The normalized spacial score (nSPS) is 18.2. The molecule has 6 nitrogen and oxygen atoms in total. The van der Waals surface area contributed by atoms with Gasteiger partial charge in [-0.25, -0.2) is 14.0 Å². The van der Waals surface area contributed by atoms with Crippen LogP contribution in [0.4, 0.5) is 19.7 Å². The standard InChI is InChI=1S/C18H26FN3O3/c1-18(2,3)25-17(24)22-11-7-6-8-13(12-22)20-16(23)21-15-10-5-4-9-14(15)19/h4-5,9-10,13H,6-8,11-12H2,1-3H3,(H2,20,21,23)/t13-/m0/s1. The summed E-state index contributed by atoms with van der Waals surface area (Å²) in [6.45, 7) is 6.43. The van der Waals surface area contributed by atoms with Crippen molar-refractivity contribution in [2.45, 2.75) is 51.7 Å². The van der Waals surface area contributed by atoms with Crippen molar-refractivity contribution in [2.24, 2.45) is 0 Å². The molecule has 1 aliphatic rings. The number of hydrogen-bond donors (Lipinski definition) is 2. The van der Waals surface area contributed by atoms with Crippen LogP contribution in [0.1, 0.15) is 40.0 Å². The van der Waals surface area contributed by atoms with Gasteiger partial charge in [0.25, 0.3) is 0 Å². The molecular weight excluding hydrogens is 325 g/mol. The van der Waals surface area contributed by atoms with Crippen LogP contribution in [-0.2, 0) is 4.74 Å². The number of nitrogens with one attached hydrogen (secondary N) is 2. The van der Waals surface area contributed by atoms with Gasteiger partial charge in [0.1, 0.15) is 11.4 Å². The number of halogens is 1. The number of likely N-dealkylation sites (tertiary alicyclic amines) is 1. The van der Waals surface area contributed by atoms with Gasteiger partial charge in [0.2, 0.25) is 0 Å². The SMILES string of the molecule is CC(C)(C)OC(=O)N1CCCC[C@H](NC(=O)Nc2ccccc2F)C1. The van der Waals surface area contributed by atoms with E-state index < -0.39 is 17.4 Å². The molecule has 0 saturated carbocycles. The van der Waals surface area contributed by atoms with Gasteiger partial charge in [0.05, 0.1) is 5.69 Å². The number of nitrogens with zero attached hydrogens (tertiary/aromatic N) is 1. The minimum Gasteiger partial charge on any atom is -0.444 e. The molecule has 0 unspecified atom stereocenters. The summed E-state index contributed by atoms with van der Waals surface area (Å²) in [6.07, 6.45) is 2.12. The van der Waals surface area contributed by atoms with Crippen LogP contribution >= 0.6 is 0 Å². The predicted octanol–water partition coefficient (Wildman–Crippen LogP) is 3.74. The molecule has 25 heavy (non-hydrogen) atoms. The Hall–Kier alpha value is -2.31. The molecule has 1 saturated heterocycles. The molecule has 7 heteroatoms. The van der Waals surface area contributed by atoms with Crippen molar-refractivity contribution in [2.75, 3.05) is 18.4 Å². The van der Waals surface area contributed by atoms with Crippen LogP contribution in [0.15, 0.2) is 24.3 Å². The monoisotopic (exact) mass is 351 g/mol. The molecular formula is C18H26FN3O3. The Morgan fingerprint density at radius 2 is 1.96 bits per heavy atom. The summed E-state index contributed by atoms with van der Waals surface area (Å²) in [4.78, 5) is 26.0. The number of rotatable bonds is 2. The van der Waals surface area contributed by atoms with Crippen LogP contribution in [0, 0.1) is 5.82 Å². The molecule has 0 radical (unpaired) electrons. The molecule has 1 aliphatic heterocycles. The van der Waals surface area contributed by atoms with Gasteiger partial charge in [-0.05, 0) is 52.2 Å². The van der Waals surface area contributed by atoms with Crippen molar-refractivity contribution in [1.29, 1.82) is 0 Å². The lowest BCUT2D eigenvalue weighted by molar-refractivity contribution is 0.0245. The van der Waals surface area contributed by atoms with Crippen molar-refractivity contribution >= 4 is 17.8 Å². The highest BCUT2D eigenvalue weighted by Gasteiger charge is 2.27. The van der Waals surface area contributed by atoms with Gasteiger partial charge in [-0.1, -0.05) is 12.1 Å². The fourth-order valence-corrected chi connectivity index (χ4v) is 2.66. The fraction of sp³-hybridized carbons (Fsp3) is 0.556. The number of benzene rings is 1. The van der Waals surface area contributed by atoms with Gasteiger partial charge >= 0.3 is 12.1 Å². The number of para-hydroxylation sites is 1. The lowest BCUT2D eigenvalue weighted by Gasteiger charge is -2.28. The number of anilines is 1. The van der Waals surface area contributed by atoms with E-state index in [1.165, 1.54) is 12.1 Å². The van der Waals surface area contributed by atoms with Gasteiger partial charge in [-0.2, -0.15) is 0 Å². The molecule has 1 heterocycles. The van der Waals surface area contributed by atoms with E-state index in [4.69, 9.17) is 4.74 Å². The van der Waals surface area contributed by atoms with E-state index in [2.05, 4.69) is 10.6 Å². The van der Waals surface area contributed by atoms with Gasteiger partial charge in [0, 0.05) is 19.1 Å². The van der Waals surface area contributed by atoms with E-state index in [0.717, 1.165) is 19.3 Å². The molecule has 1 fully saturated rings. The summed E-state index contributed by atoms with van der Waals surface area (Å²) in [7, 11) is 0. The van der Waals surface area contributed by atoms with Gasteiger partial charge in [0.15, 0.2) is 0 Å². The summed E-state index contributed by atoms with van der Waals surface area (Å²) in [6, 6.07) is 5.29. The quantitative estimate of drug-likeness (QED) is 0.853. The average Bonchev–Trinajstić information content (AvgIpc) is 2.73. The van der Waals surface area contributed by atoms with Crippen molar-refractivity contribution in [1.82, 2.24) is 10.2 Å². The lowest BCUT2D eigenvalue weighted by atomic mass is 10.1. The van der Waals surface area contributed by atoms with Crippen molar-refractivity contribution in [3.05, 3.63) is 30.1 Å². The van der Waals surface area contributed by atoms with E-state index in [1.54, 1.807) is 17.0 Å². The summed E-state index contributed by atoms with van der Waals surface area (Å²) in [5.41, 5.74) is -0.438. The molecule has 1 aromatic rings. The summed E-state index contributed by atoms with van der Waals surface area (Å²) < 4.78 is 19.0. The zero-order valence-electron chi connectivity index (χ0n) is 15.0. The molecule has 2 N–H and O–H groups in total. The van der Waals surface area contributed by atoms with E-state index in [0.29, 0.717) is 13.1 Å². The first-order valence-electron chi connectivity index (χ1n) is 8.54. The third-order valence-electron chi connectivity index (χ3n) is 3.78. The number of ether oxygens (including phenoxy) is 1. The molecule has 1 aromatic carbocycles. The topological polar surface area (TPSA) is 70.7 Å². The maximum Gasteiger partial charge on any atom is 0.410 e. The van der Waals surface area contributed by atoms with E-state index >= 15 is 0 Å². The van der Waals surface area contributed by atoms with Crippen LogP contribution in [-0.4, -0.2) is 41.8 Å². The van der Waals surface area contributed by atoms with Crippen LogP contribution < -0.4 is 10.6 Å². The first-order chi connectivity index (χ1) is 11.7. The minimum atomic E-state index is -0.561. The first kappa shape index (κ1) is 19.0. The second kappa shape index (κ2) is 8.18. The maximum absolute atomic E-state index is 13.6. The Kier molecular flexibility index (Phi) is 6.22. The Morgan fingerprint density at radius 3 is 2.64 bits per heavy atom. The number of carbonyl (C=O) groups is 2. The Balaban J connectivity index is 1.93. The Bertz CT molecular complexity index is 616. The van der Waals surface area contributed by atoms with Crippen LogP contribution in [0.5, 0.6) is 0 Å². The number of amides is 3. The van der Waals surface area contributed by atoms with E-state index in [-0.39, 0.29) is 17.8 Å². The highest BCUT2D eigenvalue weighted by Crippen LogP contribution is 2.16. The summed E-state index contributed by atoms with van der Waals surface area (Å²) in [5, 5.41) is 5.32. The maximum atomic E-state index is 13.6. The third kappa shape index (κ3) is 6.25. The third-order valence-corrected chi connectivity index (χ3v) is 3.78. The molecule has 3 amide bonds. The van der Waals surface area contributed by atoms with E-state index in [1.807, 2.05) is 20.8 Å². The zero-order valence-corrected chi connectivity index (χ0v) is 15.0. The zero-order chi connectivity index (χ0) is 18.4. The second-order valence-corrected chi connectivity index (χ2v) is 7.20. The number of urea groups is 1. The highest BCUT2D eigenvalue weighted by atomic mass is 19.1. The van der Waals surface area contributed by atoms with Crippen LogP contribution in [0.3, 0.4) is 0 Å². The largest absolute Gasteiger partial charge is 0.444 e. The average molecular weight is 351 g/mol. The van der Waals surface area contributed by atoms with Crippen molar-refractivity contribution < 1.29 is 18.7 Å². The molecule has 0 spiro atoms. The van der Waals surface area contributed by atoms with Gasteiger partial charge < -0.3 is 20.3 Å². The first-order valence-corrected chi connectivity index (χ1v) is 8.54. The minimum absolute atomic E-state index is 0.123. The smallest absolute Gasteiger partial charge is 0.410 e. The van der Waals surface area contributed by atoms with Crippen molar-refractivity contribution in [3.8, 4) is 0 Å². The lowest BCUT2D eigenvalue weighted by Crippen LogP contribution is -2.47. The van der Waals surface area contributed by atoms with Crippen LogP contribution in [0.25, 0.3) is 0 Å². The molecule has 138 valence electrons. The molecule has 0 bridgehead atoms. The van der Waals surface area contributed by atoms with E-state index in [9.17, 15) is 14.0 Å². The highest BCUT2D eigenvalue weighted by molar-refractivity contribution is 5.89. The van der Waals surface area contributed by atoms with Gasteiger partial charge in [-0.3, -0.25) is 0 Å².